The van der Waals surface area contributed by atoms with E-state index in [0.717, 1.165) is 12.0 Å². The minimum Gasteiger partial charge on any atom is -0.336 e. The molecule has 7 heteroatoms. The van der Waals surface area contributed by atoms with E-state index in [1.54, 1.807) is 15.8 Å². The van der Waals surface area contributed by atoms with Gasteiger partial charge >= 0.3 is 0 Å². The van der Waals surface area contributed by atoms with E-state index in [1.807, 2.05) is 30.3 Å². The number of aromatic nitrogens is 3. The van der Waals surface area contributed by atoms with Crippen LogP contribution in [0.15, 0.2) is 36.5 Å². The molecule has 21 heavy (non-hydrogen) atoms. The van der Waals surface area contributed by atoms with Gasteiger partial charge in [0, 0.05) is 19.1 Å². The number of carbonyl (C=O) groups is 1. The second-order valence-corrected chi connectivity index (χ2v) is 5.09. The third kappa shape index (κ3) is 3.59. The Morgan fingerprint density at radius 1 is 1.33 bits per heavy atom. The molecule has 1 saturated heterocycles. The van der Waals surface area contributed by atoms with Gasteiger partial charge in [-0.1, -0.05) is 35.5 Å². The minimum absolute atomic E-state index is 0. The summed E-state index contributed by atoms with van der Waals surface area (Å²) in [6.07, 6.45) is 2.54. The van der Waals surface area contributed by atoms with Crippen molar-refractivity contribution in [1.82, 2.24) is 19.9 Å². The second kappa shape index (κ2) is 6.69. The lowest BCUT2D eigenvalue weighted by Gasteiger charge is -2.13. The lowest BCUT2D eigenvalue weighted by molar-refractivity contribution is 0.0785. The van der Waals surface area contributed by atoms with Gasteiger partial charge in [-0.3, -0.25) is 4.79 Å². The molecule has 0 bridgehead atoms. The van der Waals surface area contributed by atoms with Gasteiger partial charge in [0.25, 0.3) is 5.91 Å². The van der Waals surface area contributed by atoms with Gasteiger partial charge in [0.15, 0.2) is 5.69 Å². The predicted octanol–water partition coefficient (Wildman–Crippen LogP) is 0.921. The van der Waals surface area contributed by atoms with E-state index >= 15 is 0 Å². The molecule has 1 fully saturated rings. The van der Waals surface area contributed by atoms with Crippen molar-refractivity contribution in [3.8, 4) is 0 Å². The third-order valence-corrected chi connectivity index (χ3v) is 3.46. The monoisotopic (exact) mass is 307 g/mol. The van der Waals surface area contributed by atoms with Crippen LogP contribution in [0.2, 0.25) is 0 Å². The Morgan fingerprint density at radius 2 is 2.10 bits per heavy atom. The Balaban J connectivity index is 0.00000161. The van der Waals surface area contributed by atoms with Crippen LogP contribution in [0.1, 0.15) is 22.5 Å². The molecule has 6 nitrogen and oxygen atoms in total. The van der Waals surface area contributed by atoms with Crippen molar-refractivity contribution in [2.24, 2.45) is 5.73 Å². The number of halogens is 1. The molecule has 1 aliphatic heterocycles. The van der Waals surface area contributed by atoms with Crippen LogP contribution in [0.3, 0.4) is 0 Å². The largest absolute Gasteiger partial charge is 0.336 e. The van der Waals surface area contributed by atoms with Crippen molar-refractivity contribution in [2.45, 2.75) is 19.0 Å². The van der Waals surface area contributed by atoms with Crippen LogP contribution < -0.4 is 5.73 Å². The first-order valence-corrected chi connectivity index (χ1v) is 6.71. The van der Waals surface area contributed by atoms with Crippen molar-refractivity contribution < 1.29 is 4.79 Å². The lowest BCUT2D eigenvalue weighted by atomic mass is 10.2. The first-order valence-electron chi connectivity index (χ1n) is 6.71. The van der Waals surface area contributed by atoms with Gasteiger partial charge in [0.2, 0.25) is 0 Å². The summed E-state index contributed by atoms with van der Waals surface area (Å²) in [7, 11) is 0. The number of nitrogens with two attached hydrogens (primary N) is 1. The Bertz CT molecular complexity index is 600. The van der Waals surface area contributed by atoms with E-state index in [4.69, 9.17) is 5.73 Å². The van der Waals surface area contributed by atoms with Gasteiger partial charge in [-0.15, -0.1) is 17.5 Å². The van der Waals surface area contributed by atoms with Crippen LogP contribution in [0.25, 0.3) is 0 Å². The van der Waals surface area contributed by atoms with E-state index in [-0.39, 0.29) is 24.4 Å². The zero-order valence-electron chi connectivity index (χ0n) is 11.6. The van der Waals surface area contributed by atoms with E-state index in [1.165, 1.54) is 0 Å². The van der Waals surface area contributed by atoms with Crippen molar-refractivity contribution in [2.75, 3.05) is 13.1 Å². The fourth-order valence-corrected chi connectivity index (χ4v) is 2.38. The maximum atomic E-state index is 12.2. The molecule has 0 spiro atoms. The highest BCUT2D eigenvalue weighted by Gasteiger charge is 2.26. The number of amides is 1. The molecule has 1 aromatic carbocycles. The van der Waals surface area contributed by atoms with Crippen LogP contribution in [0, 0.1) is 0 Å². The zero-order valence-corrected chi connectivity index (χ0v) is 12.4. The molecule has 2 aromatic rings. The molecular weight excluding hydrogens is 290 g/mol. The number of nitrogens with zero attached hydrogens (tertiary/aromatic N) is 4. The SMILES string of the molecule is Cl.N[C@@H]1CCN(C(=O)c2cn(Cc3ccccc3)nn2)C1. The maximum Gasteiger partial charge on any atom is 0.276 e. The Labute approximate surface area is 129 Å². The minimum atomic E-state index is -0.0859. The van der Waals surface area contributed by atoms with Gasteiger partial charge in [-0.05, 0) is 12.0 Å². The summed E-state index contributed by atoms with van der Waals surface area (Å²) in [5.41, 5.74) is 7.32. The molecule has 0 radical (unpaired) electrons. The second-order valence-electron chi connectivity index (χ2n) is 5.09. The highest BCUT2D eigenvalue weighted by molar-refractivity contribution is 5.92. The Kier molecular flexibility index (Phi) is 4.93. The number of likely N-dealkylation sites (tertiary alicyclic amines) is 1. The van der Waals surface area contributed by atoms with Crippen molar-refractivity contribution in [1.29, 1.82) is 0 Å². The third-order valence-electron chi connectivity index (χ3n) is 3.46. The fraction of sp³-hybridized carbons (Fsp3) is 0.357. The number of hydrogen-bond donors (Lipinski definition) is 1. The standard InChI is InChI=1S/C14H17N5O.ClH/c15-12-6-7-18(9-12)14(20)13-10-19(17-16-13)8-11-4-2-1-3-5-11;/h1-5,10,12H,6-9,15H2;1H/t12-;/m1./s1. The molecule has 0 unspecified atom stereocenters. The van der Waals surface area contributed by atoms with Crippen LogP contribution in [-0.2, 0) is 6.54 Å². The molecule has 1 amide bonds. The lowest BCUT2D eigenvalue weighted by Crippen LogP contribution is -2.32. The Hall–Kier alpha value is -1.92. The van der Waals surface area contributed by atoms with Gasteiger partial charge < -0.3 is 10.6 Å². The van der Waals surface area contributed by atoms with E-state index < -0.39 is 0 Å². The van der Waals surface area contributed by atoms with E-state index in [0.29, 0.717) is 25.3 Å². The topological polar surface area (TPSA) is 77.0 Å². The molecule has 1 atom stereocenters. The Morgan fingerprint density at radius 3 is 2.76 bits per heavy atom. The summed E-state index contributed by atoms with van der Waals surface area (Å²) in [6, 6.07) is 10.0. The molecule has 1 aromatic heterocycles. The van der Waals surface area contributed by atoms with Crippen LogP contribution in [0.4, 0.5) is 0 Å². The fourth-order valence-electron chi connectivity index (χ4n) is 2.38. The zero-order chi connectivity index (χ0) is 13.9. The molecular formula is C14H18ClN5O. The summed E-state index contributed by atoms with van der Waals surface area (Å²) in [6.45, 7) is 1.91. The molecule has 2 heterocycles. The van der Waals surface area contributed by atoms with Crippen molar-refractivity contribution >= 4 is 18.3 Å². The summed E-state index contributed by atoms with van der Waals surface area (Å²) >= 11 is 0. The number of carbonyl (C=O) groups excluding carboxylic acids is 1. The van der Waals surface area contributed by atoms with Crippen molar-refractivity contribution in [3.05, 3.63) is 47.8 Å². The molecule has 1 aliphatic rings. The quantitative estimate of drug-likeness (QED) is 0.915. The normalized spacial score (nSPS) is 17.6. The number of rotatable bonds is 3. The number of hydrogen-bond acceptors (Lipinski definition) is 4. The molecule has 112 valence electrons. The summed E-state index contributed by atoms with van der Waals surface area (Å²) in [5.74, 6) is -0.0859. The van der Waals surface area contributed by atoms with Gasteiger partial charge in [-0.2, -0.15) is 0 Å². The molecule has 2 N–H and O–H groups in total. The van der Waals surface area contributed by atoms with E-state index in [9.17, 15) is 4.79 Å². The first-order chi connectivity index (χ1) is 9.72. The van der Waals surface area contributed by atoms with Crippen LogP contribution in [0.5, 0.6) is 0 Å². The van der Waals surface area contributed by atoms with Gasteiger partial charge in [0.05, 0.1) is 12.7 Å². The first kappa shape index (κ1) is 15.5. The maximum absolute atomic E-state index is 12.2. The summed E-state index contributed by atoms with van der Waals surface area (Å²) < 4.78 is 1.68. The van der Waals surface area contributed by atoms with Crippen molar-refractivity contribution in [3.63, 3.8) is 0 Å². The van der Waals surface area contributed by atoms with Gasteiger partial charge in [-0.25, -0.2) is 4.68 Å². The summed E-state index contributed by atoms with van der Waals surface area (Å²) in [5, 5.41) is 7.97. The number of benzene rings is 1. The van der Waals surface area contributed by atoms with Gasteiger partial charge in [0.1, 0.15) is 0 Å². The average molecular weight is 308 g/mol. The van der Waals surface area contributed by atoms with E-state index in [2.05, 4.69) is 10.3 Å². The smallest absolute Gasteiger partial charge is 0.276 e. The summed E-state index contributed by atoms with van der Waals surface area (Å²) in [4.78, 5) is 14.0. The van der Waals surface area contributed by atoms with Crippen LogP contribution in [-0.4, -0.2) is 44.9 Å². The predicted molar refractivity (Wildman–Crippen MR) is 81.3 cm³/mol. The molecule has 3 rings (SSSR count). The highest BCUT2D eigenvalue weighted by Crippen LogP contribution is 2.11. The molecule has 0 aliphatic carbocycles. The molecule has 0 saturated carbocycles. The average Bonchev–Trinajstić information content (AvgIpc) is 3.08. The van der Waals surface area contributed by atoms with Crippen LogP contribution >= 0.6 is 12.4 Å². The highest BCUT2D eigenvalue weighted by atomic mass is 35.5.